The second kappa shape index (κ2) is 12.5. The number of hydrogen-bond donors (Lipinski definition) is 1. The minimum atomic E-state index is -4.98. The van der Waals surface area contributed by atoms with Crippen molar-refractivity contribution in [1.29, 1.82) is 0 Å². The Morgan fingerprint density at radius 2 is 1.52 bits per heavy atom. The smallest absolute Gasteiger partial charge is 0.417 e. The zero-order chi connectivity index (χ0) is 29.1. The van der Waals surface area contributed by atoms with Crippen LogP contribution in [0.1, 0.15) is 31.9 Å². The third-order valence-electron chi connectivity index (χ3n) is 6.21. The number of ether oxygens (including phenoxy) is 4. The van der Waals surface area contributed by atoms with Crippen LogP contribution in [0.15, 0.2) is 65.7 Å². The molecule has 8 nitrogen and oxygen atoms in total. The molecule has 0 saturated carbocycles. The van der Waals surface area contributed by atoms with Crippen LogP contribution >= 0.6 is 11.8 Å². The number of benzene rings is 2. The number of amides is 1. The molecule has 0 aromatic heterocycles. The van der Waals surface area contributed by atoms with Gasteiger partial charge < -0.3 is 24.1 Å². The molecule has 1 N–H and O–H groups in total. The Labute approximate surface area is 235 Å². The molecule has 0 aliphatic carbocycles. The van der Waals surface area contributed by atoms with Crippen molar-refractivity contribution in [2.45, 2.75) is 81.7 Å². The fraction of sp³-hybridized carbons (Fsp3) is 0.500. The predicted octanol–water partition coefficient (Wildman–Crippen LogP) is 5.14. The van der Waals surface area contributed by atoms with Crippen molar-refractivity contribution >= 4 is 23.0 Å². The first-order chi connectivity index (χ1) is 18.8. The average Bonchev–Trinajstić information content (AvgIpc) is 3.33. The van der Waals surface area contributed by atoms with Gasteiger partial charge in [0, 0.05) is 7.05 Å². The Hall–Kier alpha value is -2.64. The first-order valence-corrected chi connectivity index (χ1v) is 13.6. The van der Waals surface area contributed by atoms with Crippen LogP contribution in [0.5, 0.6) is 0 Å². The summed E-state index contributed by atoms with van der Waals surface area (Å²) in [4.78, 5) is 18.5. The Balaban J connectivity index is 1.66. The van der Waals surface area contributed by atoms with Gasteiger partial charge in [0.15, 0.2) is 11.3 Å². The van der Waals surface area contributed by atoms with Crippen LogP contribution in [0, 0.1) is 0 Å². The van der Waals surface area contributed by atoms with Crippen molar-refractivity contribution in [3.8, 4) is 0 Å². The molecule has 1 amide bonds. The van der Waals surface area contributed by atoms with Gasteiger partial charge in [-0.15, -0.1) is 0 Å². The number of fused-ring (bicyclic) bond motifs is 1. The molecule has 1 fully saturated rings. The molecule has 12 heteroatoms. The van der Waals surface area contributed by atoms with Crippen LogP contribution < -0.4 is 0 Å². The van der Waals surface area contributed by atoms with E-state index < -0.39 is 53.8 Å². The number of alkyl halides is 3. The first kappa shape index (κ1) is 30.3. The van der Waals surface area contributed by atoms with E-state index in [9.17, 15) is 23.1 Å². The molecular weight excluding hydrogens is 549 g/mol. The molecule has 2 aromatic rings. The highest BCUT2D eigenvalue weighted by atomic mass is 32.2. The van der Waals surface area contributed by atoms with E-state index in [1.54, 1.807) is 45.0 Å². The summed E-state index contributed by atoms with van der Waals surface area (Å²) in [6, 6.07) is 17.2. The standard InChI is InChI=1S/C28H33F3N2O6S/c1-27(2,3)39-26(35)33(4)25-32-19-20(36-15-17-11-7-5-8-12-17)21(37-16-18-13-9-6-10-14-18)22(38-24(19)40-25)23(34)28(29,30)31/h5-14,19-24,34H,15-16H2,1-4H3/t19-,20-,21+,22+,23+,24-/m1/s1. The summed E-state index contributed by atoms with van der Waals surface area (Å²) in [5, 5.41) is 10.6. The summed E-state index contributed by atoms with van der Waals surface area (Å²) >= 11 is 0.970. The number of rotatable bonds is 7. The van der Waals surface area contributed by atoms with E-state index in [1.165, 1.54) is 11.9 Å². The van der Waals surface area contributed by atoms with Crippen molar-refractivity contribution in [3.05, 3.63) is 71.8 Å². The second-order valence-electron chi connectivity index (χ2n) is 10.5. The van der Waals surface area contributed by atoms with Crippen molar-refractivity contribution in [1.82, 2.24) is 4.90 Å². The van der Waals surface area contributed by atoms with Crippen LogP contribution in [-0.2, 0) is 32.2 Å². The Morgan fingerprint density at radius 3 is 2.02 bits per heavy atom. The molecular formula is C28H33F3N2O6S. The molecule has 40 heavy (non-hydrogen) atoms. The topological polar surface area (TPSA) is 89.8 Å². The number of nitrogens with zero attached hydrogens (tertiary/aromatic N) is 2. The lowest BCUT2D eigenvalue weighted by molar-refractivity contribution is -0.283. The summed E-state index contributed by atoms with van der Waals surface area (Å²) in [7, 11) is 1.46. The van der Waals surface area contributed by atoms with Crippen molar-refractivity contribution in [2.24, 2.45) is 4.99 Å². The highest BCUT2D eigenvalue weighted by Gasteiger charge is 2.58. The van der Waals surface area contributed by atoms with Crippen LogP contribution in [0.25, 0.3) is 0 Å². The third-order valence-corrected chi connectivity index (χ3v) is 7.42. The monoisotopic (exact) mass is 582 g/mol. The molecule has 1 saturated heterocycles. The fourth-order valence-corrected chi connectivity index (χ4v) is 5.44. The summed E-state index contributed by atoms with van der Waals surface area (Å²) in [5.41, 5.74) is -0.223. The number of amidine groups is 1. The van der Waals surface area contributed by atoms with Gasteiger partial charge >= 0.3 is 12.3 Å². The summed E-state index contributed by atoms with van der Waals surface area (Å²) in [6.45, 7) is 5.18. The average molecular weight is 583 g/mol. The van der Waals surface area contributed by atoms with Gasteiger partial charge in [0.2, 0.25) is 0 Å². The fourth-order valence-electron chi connectivity index (χ4n) is 4.27. The third kappa shape index (κ3) is 7.55. The minimum Gasteiger partial charge on any atom is -0.443 e. The Bertz CT molecular complexity index is 1160. The van der Waals surface area contributed by atoms with Gasteiger partial charge in [-0.1, -0.05) is 72.4 Å². The van der Waals surface area contributed by atoms with Crippen LogP contribution in [0.3, 0.4) is 0 Å². The molecule has 0 spiro atoms. The summed E-state index contributed by atoms with van der Waals surface area (Å²) < 4.78 is 65.0. The van der Waals surface area contributed by atoms with Gasteiger partial charge in [-0.3, -0.25) is 9.89 Å². The molecule has 0 bridgehead atoms. The molecule has 218 valence electrons. The lowest BCUT2D eigenvalue weighted by Gasteiger charge is -2.44. The number of carbonyl (C=O) groups excluding carboxylic acids is 1. The lowest BCUT2D eigenvalue weighted by atomic mass is 9.93. The van der Waals surface area contributed by atoms with Gasteiger partial charge in [-0.25, -0.2) is 4.79 Å². The lowest BCUT2D eigenvalue weighted by Crippen LogP contribution is -2.62. The molecule has 2 aromatic carbocycles. The maximum atomic E-state index is 13.8. The number of thioether (sulfide) groups is 1. The van der Waals surface area contributed by atoms with E-state index in [1.807, 2.05) is 36.4 Å². The van der Waals surface area contributed by atoms with Crippen molar-refractivity contribution < 1.29 is 42.0 Å². The van der Waals surface area contributed by atoms with Crippen LogP contribution in [-0.4, -0.2) is 76.0 Å². The molecule has 2 heterocycles. The molecule has 4 rings (SSSR count). The molecule has 2 aliphatic rings. The van der Waals surface area contributed by atoms with E-state index in [0.717, 1.165) is 22.9 Å². The largest absolute Gasteiger partial charge is 0.443 e. The van der Waals surface area contributed by atoms with E-state index in [4.69, 9.17) is 18.9 Å². The number of carbonyl (C=O) groups is 1. The zero-order valence-electron chi connectivity index (χ0n) is 22.6. The predicted molar refractivity (Wildman–Crippen MR) is 144 cm³/mol. The maximum absolute atomic E-state index is 13.8. The van der Waals surface area contributed by atoms with E-state index in [0.29, 0.717) is 0 Å². The van der Waals surface area contributed by atoms with Gasteiger partial charge in [0.1, 0.15) is 35.4 Å². The number of aliphatic imine (C=N–C) groups is 1. The van der Waals surface area contributed by atoms with Crippen LogP contribution in [0.2, 0.25) is 0 Å². The molecule has 6 atom stereocenters. The number of aliphatic hydroxyl groups is 1. The van der Waals surface area contributed by atoms with Gasteiger partial charge in [-0.2, -0.15) is 13.2 Å². The van der Waals surface area contributed by atoms with Gasteiger partial charge in [0.25, 0.3) is 0 Å². The Kier molecular flexibility index (Phi) is 9.46. The zero-order valence-corrected chi connectivity index (χ0v) is 23.4. The van der Waals surface area contributed by atoms with E-state index in [-0.39, 0.29) is 18.4 Å². The normalized spacial score (nSPS) is 25.6. The summed E-state index contributed by atoms with van der Waals surface area (Å²) in [5.74, 6) is 0. The van der Waals surface area contributed by atoms with E-state index in [2.05, 4.69) is 4.99 Å². The Morgan fingerprint density at radius 1 is 1.00 bits per heavy atom. The number of aliphatic hydroxyl groups excluding tert-OH is 1. The maximum Gasteiger partial charge on any atom is 0.417 e. The van der Waals surface area contributed by atoms with Gasteiger partial charge in [0.05, 0.1) is 13.2 Å². The first-order valence-electron chi connectivity index (χ1n) is 12.8. The van der Waals surface area contributed by atoms with Crippen molar-refractivity contribution in [2.75, 3.05) is 7.05 Å². The molecule has 2 aliphatic heterocycles. The minimum absolute atomic E-state index is 0.0416. The highest BCUT2D eigenvalue weighted by Crippen LogP contribution is 2.42. The van der Waals surface area contributed by atoms with Gasteiger partial charge in [-0.05, 0) is 31.9 Å². The summed E-state index contributed by atoms with van der Waals surface area (Å²) in [6.07, 6.45) is -12.7. The molecule has 0 unspecified atom stereocenters. The van der Waals surface area contributed by atoms with Crippen molar-refractivity contribution in [3.63, 3.8) is 0 Å². The molecule has 0 radical (unpaired) electrons. The quantitative estimate of drug-likeness (QED) is 0.484. The van der Waals surface area contributed by atoms with E-state index >= 15 is 0 Å². The SMILES string of the molecule is CN(C(=O)OC(C)(C)C)C1=N[C@@H]2[C@@H](OCc3ccccc3)[C@H](OCc3ccccc3)[C@@H]([C@H](O)C(F)(F)F)O[C@@H]2S1. The second-order valence-corrected chi connectivity index (χ2v) is 11.6. The van der Waals surface area contributed by atoms with Crippen LogP contribution in [0.4, 0.5) is 18.0 Å². The number of halogens is 3. The number of hydrogen-bond acceptors (Lipinski definition) is 8. The highest BCUT2D eigenvalue weighted by molar-refractivity contribution is 8.14.